The van der Waals surface area contributed by atoms with Gasteiger partial charge in [0.1, 0.15) is 5.82 Å². The molecule has 1 N–H and O–H groups in total. The average Bonchev–Trinajstić information content (AvgIpc) is 3.38. The first-order chi connectivity index (χ1) is 12.7. The maximum Gasteiger partial charge on any atom is 0.257 e. The third-order valence-electron chi connectivity index (χ3n) is 3.30. The van der Waals surface area contributed by atoms with Crippen LogP contribution in [-0.4, -0.2) is 20.4 Å². The maximum atomic E-state index is 13.0. The number of anilines is 2. The molecule has 3 aromatic heterocycles. The van der Waals surface area contributed by atoms with Gasteiger partial charge < -0.3 is 9.73 Å². The lowest BCUT2D eigenvalue weighted by atomic mass is 10.3. The van der Waals surface area contributed by atoms with Crippen LogP contribution in [0.4, 0.5) is 15.2 Å². The predicted molar refractivity (Wildman–Crippen MR) is 101 cm³/mol. The molecule has 0 radical (unpaired) electrons. The Hall–Kier alpha value is -2.30. The van der Waals surface area contributed by atoms with E-state index in [4.69, 9.17) is 4.42 Å². The minimum atomic E-state index is -0.278. The van der Waals surface area contributed by atoms with Gasteiger partial charge in [-0.1, -0.05) is 29.2 Å². The summed E-state index contributed by atoms with van der Waals surface area (Å²) in [7, 11) is 0. The monoisotopic (exact) mass is 405 g/mol. The lowest BCUT2D eigenvalue weighted by Gasteiger charge is -2.02. The van der Waals surface area contributed by atoms with Crippen molar-refractivity contribution in [2.24, 2.45) is 0 Å². The van der Waals surface area contributed by atoms with Crippen molar-refractivity contribution in [1.82, 2.24) is 20.4 Å². The summed E-state index contributed by atoms with van der Waals surface area (Å²) in [6, 6.07) is 9.97. The highest BCUT2D eigenvalue weighted by Crippen LogP contribution is 2.38. The van der Waals surface area contributed by atoms with Crippen molar-refractivity contribution in [1.29, 1.82) is 0 Å². The van der Waals surface area contributed by atoms with Gasteiger partial charge in [-0.2, -0.15) is 0 Å². The molecule has 3 heterocycles. The van der Waals surface area contributed by atoms with E-state index in [-0.39, 0.29) is 11.1 Å². The molecule has 0 fully saturated rings. The molecule has 0 aliphatic carbocycles. The Morgan fingerprint density at radius 1 is 1.12 bits per heavy atom. The number of rotatable bonds is 6. The quantitative estimate of drug-likeness (QED) is 0.431. The van der Waals surface area contributed by atoms with E-state index < -0.39 is 0 Å². The van der Waals surface area contributed by atoms with E-state index in [1.54, 1.807) is 23.5 Å². The van der Waals surface area contributed by atoms with Crippen molar-refractivity contribution < 1.29 is 8.81 Å². The van der Waals surface area contributed by atoms with Crippen LogP contribution >= 0.6 is 34.4 Å². The molecule has 0 saturated carbocycles. The van der Waals surface area contributed by atoms with Crippen LogP contribution in [0.2, 0.25) is 0 Å². The van der Waals surface area contributed by atoms with Crippen LogP contribution in [0, 0.1) is 5.82 Å². The normalized spacial score (nSPS) is 12.2. The second-order valence-corrected chi connectivity index (χ2v) is 8.70. The summed E-state index contributed by atoms with van der Waals surface area (Å²) in [4.78, 5) is 0.947. The van der Waals surface area contributed by atoms with E-state index in [1.807, 2.05) is 24.4 Å². The number of nitrogens with zero attached hydrogens (tertiary/aromatic N) is 4. The maximum absolute atomic E-state index is 13.0. The van der Waals surface area contributed by atoms with E-state index >= 15 is 0 Å². The Morgan fingerprint density at radius 3 is 2.73 bits per heavy atom. The molecule has 0 aliphatic rings. The number of hydrogen-bond donors (Lipinski definition) is 1. The number of thioether (sulfide) groups is 1. The van der Waals surface area contributed by atoms with Gasteiger partial charge in [0.2, 0.25) is 11.0 Å². The lowest BCUT2D eigenvalue weighted by molar-refractivity contribution is 0.510. The second kappa shape index (κ2) is 7.52. The SMILES string of the molecule is CC(Sc1nnc(Nc2ccc(F)cc2)s1)c1nnc(-c2cccs2)o1. The van der Waals surface area contributed by atoms with E-state index in [1.165, 1.54) is 35.2 Å². The van der Waals surface area contributed by atoms with E-state index in [0.717, 1.165) is 14.9 Å². The van der Waals surface area contributed by atoms with Crippen molar-refractivity contribution in [3.8, 4) is 10.8 Å². The van der Waals surface area contributed by atoms with Gasteiger partial charge in [0.05, 0.1) is 10.1 Å². The zero-order valence-corrected chi connectivity index (χ0v) is 15.9. The second-order valence-electron chi connectivity index (χ2n) is 5.19. The van der Waals surface area contributed by atoms with Gasteiger partial charge in [0.15, 0.2) is 4.34 Å². The van der Waals surface area contributed by atoms with E-state index in [9.17, 15) is 4.39 Å². The third kappa shape index (κ3) is 3.92. The fourth-order valence-corrected chi connectivity index (χ4v) is 4.66. The molecule has 10 heteroatoms. The van der Waals surface area contributed by atoms with Gasteiger partial charge in [-0.25, -0.2) is 4.39 Å². The third-order valence-corrected chi connectivity index (χ3v) is 6.17. The molecule has 0 spiro atoms. The summed E-state index contributed by atoms with van der Waals surface area (Å²) in [5.74, 6) is 0.791. The molecule has 0 saturated heterocycles. The largest absolute Gasteiger partial charge is 0.419 e. The van der Waals surface area contributed by atoms with E-state index in [2.05, 4.69) is 25.7 Å². The molecule has 1 unspecified atom stereocenters. The molecule has 6 nitrogen and oxygen atoms in total. The van der Waals surface area contributed by atoms with Crippen LogP contribution in [0.3, 0.4) is 0 Å². The summed E-state index contributed by atoms with van der Waals surface area (Å²) < 4.78 is 19.5. The van der Waals surface area contributed by atoms with Gasteiger partial charge in [-0.15, -0.1) is 31.7 Å². The van der Waals surface area contributed by atoms with Crippen LogP contribution in [0.5, 0.6) is 0 Å². The first-order valence-electron chi connectivity index (χ1n) is 7.57. The molecule has 1 atom stereocenters. The van der Waals surface area contributed by atoms with Crippen LogP contribution in [0.1, 0.15) is 18.1 Å². The molecular formula is C16H12FN5OS3. The topological polar surface area (TPSA) is 76.7 Å². The fraction of sp³-hybridized carbons (Fsp3) is 0.125. The van der Waals surface area contributed by atoms with Crippen molar-refractivity contribution in [3.05, 3.63) is 53.5 Å². The van der Waals surface area contributed by atoms with Crippen molar-refractivity contribution >= 4 is 45.3 Å². The number of benzene rings is 1. The minimum Gasteiger partial charge on any atom is -0.419 e. The van der Waals surface area contributed by atoms with Gasteiger partial charge in [-0.05, 0) is 42.6 Å². The predicted octanol–water partition coefficient (Wildman–Crippen LogP) is 5.39. The highest BCUT2D eigenvalue weighted by Gasteiger charge is 2.19. The van der Waals surface area contributed by atoms with Crippen molar-refractivity contribution in [2.75, 3.05) is 5.32 Å². The molecular weight excluding hydrogens is 393 g/mol. The Bertz CT molecular complexity index is 984. The molecule has 1 aromatic carbocycles. The molecule has 4 rings (SSSR count). The number of halogens is 1. The number of thiophene rings is 1. The Labute approximate surface area is 160 Å². The zero-order chi connectivity index (χ0) is 17.9. The van der Waals surface area contributed by atoms with Gasteiger partial charge >= 0.3 is 0 Å². The van der Waals surface area contributed by atoms with Crippen LogP contribution in [0.25, 0.3) is 10.8 Å². The average molecular weight is 406 g/mol. The fourth-order valence-electron chi connectivity index (χ4n) is 2.06. The highest BCUT2D eigenvalue weighted by molar-refractivity contribution is 8.01. The minimum absolute atomic E-state index is 0.0529. The van der Waals surface area contributed by atoms with Gasteiger partial charge in [0.25, 0.3) is 5.89 Å². The smallest absolute Gasteiger partial charge is 0.257 e. The molecule has 0 aliphatic heterocycles. The Morgan fingerprint density at radius 2 is 1.96 bits per heavy atom. The molecule has 132 valence electrons. The first kappa shape index (κ1) is 17.1. The molecule has 26 heavy (non-hydrogen) atoms. The summed E-state index contributed by atoms with van der Waals surface area (Å²) >= 11 is 4.46. The van der Waals surface area contributed by atoms with Crippen LogP contribution in [-0.2, 0) is 0 Å². The number of nitrogens with one attached hydrogen (secondary N) is 1. The standard InChI is InChI=1S/C16H12FN5OS3/c1-9(13-19-20-14(23-13)12-3-2-8-24-12)25-16-22-21-15(26-16)18-11-6-4-10(17)5-7-11/h2-9H,1H3,(H,18,21). The zero-order valence-electron chi connectivity index (χ0n) is 13.4. The van der Waals surface area contributed by atoms with Gasteiger partial charge in [-0.3, -0.25) is 0 Å². The summed E-state index contributed by atoms with van der Waals surface area (Å²) in [5.41, 5.74) is 0.754. The van der Waals surface area contributed by atoms with Gasteiger partial charge in [0, 0.05) is 5.69 Å². The lowest BCUT2D eigenvalue weighted by Crippen LogP contribution is -1.89. The Kier molecular flexibility index (Phi) is 4.96. The summed E-state index contributed by atoms with van der Waals surface area (Å²) in [6.07, 6.45) is 0. The molecule has 4 aromatic rings. The van der Waals surface area contributed by atoms with Crippen LogP contribution < -0.4 is 5.32 Å². The number of aromatic nitrogens is 4. The molecule has 0 amide bonds. The summed E-state index contributed by atoms with van der Waals surface area (Å²) in [6.45, 7) is 1.98. The van der Waals surface area contributed by atoms with Crippen LogP contribution in [0.15, 0.2) is 50.5 Å². The highest BCUT2D eigenvalue weighted by atomic mass is 32.2. The molecule has 0 bridgehead atoms. The summed E-state index contributed by atoms with van der Waals surface area (Å²) in [5, 5.41) is 22.1. The van der Waals surface area contributed by atoms with Crippen molar-refractivity contribution in [2.45, 2.75) is 16.5 Å². The van der Waals surface area contributed by atoms with E-state index in [0.29, 0.717) is 16.9 Å². The van der Waals surface area contributed by atoms with Crippen molar-refractivity contribution in [3.63, 3.8) is 0 Å². The number of hydrogen-bond acceptors (Lipinski definition) is 9. The first-order valence-corrected chi connectivity index (χ1v) is 10.1. The Balaban J connectivity index is 1.41.